The van der Waals surface area contributed by atoms with E-state index in [1.54, 1.807) is 0 Å². The van der Waals surface area contributed by atoms with E-state index in [0.717, 1.165) is 26.3 Å². The highest BCUT2D eigenvalue weighted by molar-refractivity contribution is 5.09. The van der Waals surface area contributed by atoms with Crippen LogP contribution in [-0.2, 0) is 4.74 Å². The number of terminal acetylenes is 1. The molecular weight excluding hydrogens is 150 g/mol. The summed E-state index contributed by atoms with van der Waals surface area (Å²) in [7, 11) is 0. The van der Waals surface area contributed by atoms with E-state index in [4.69, 9.17) is 11.2 Å². The van der Waals surface area contributed by atoms with Crippen molar-refractivity contribution in [3.63, 3.8) is 0 Å². The van der Waals surface area contributed by atoms with Crippen molar-refractivity contribution in [3.8, 4) is 12.3 Å². The van der Waals surface area contributed by atoms with Crippen LogP contribution < -0.4 is 0 Å². The van der Waals surface area contributed by atoms with E-state index in [0.29, 0.717) is 5.41 Å². The van der Waals surface area contributed by atoms with Gasteiger partial charge in [0, 0.05) is 12.0 Å². The molecule has 1 saturated heterocycles. The third-order valence-corrected chi connectivity index (χ3v) is 2.61. The summed E-state index contributed by atoms with van der Waals surface area (Å²) in [5, 5.41) is 0. The smallest absolute Gasteiger partial charge is 0.0786 e. The summed E-state index contributed by atoms with van der Waals surface area (Å²) in [5.74, 6) is 2.64. The largest absolute Gasteiger partial charge is 0.379 e. The third kappa shape index (κ3) is 1.21. The molecule has 2 heterocycles. The van der Waals surface area contributed by atoms with Gasteiger partial charge >= 0.3 is 0 Å². The summed E-state index contributed by atoms with van der Waals surface area (Å²) in [6.07, 6.45) is 10.8. The highest BCUT2D eigenvalue weighted by Crippen LogP contribution is 2.35. The van der Waals surface area contributed by atoms with Gasteiger partial charge in [0.05, 0.1) is 19.8 Å². The van der Waals surface area contributed by atoms with Gasteiger partial charge in [-0.1, -0.05) is 12.0 Å². The van der Waals surface area contributed by atoms with Crippen LogP contribution in [0.3, 0.4) is 0 Å². The van der Waals surface area contributed by atoms with Gasteiger partial charge in [0.2, 0.25) is 0 Å². The average molecular weight is 163 g/mol. The van der Waals surface area contributed by atoms with Crippen LogP contribution in [0.2, 0.25) is 0 Å². The highest BCUT2D eigenvalue weighted by atomic mass is 16.5. The van der Waals surface area contributed by atoms with Crippen LogP contribution in [-0.4, -0.2) is 31.2 Å². The van der Waals surface area contributed by atoms with Crippen LogP contribution in [0.5, 0.6) is 0 Å². The molecule has 0 radical (unpaired) electrons. The number of hydrogen-bond donors (Lipinski definition) is 0. The van der Waals surface area contributed by atoms with Crippen molar-refractivity contribution in [2.24, 2.45) is 5.41 Å². The van der Waals surface area contributed by atoms with Crippen LogP contribution in [0.15, 0.2) is 12.3 Å². The van der Waals surface area contributed by atoms with Crippen molar-refractivity contribution in [1.29, 1.82) is 0 Å². The Morgan fingerprint density at radius 3 is 2.83 bits per heavy atom. The molecule has 2 heteroatoms. The van der Waals surface area contributed by atoms with Gasteiger partial charge in [-0.15, -0.1) is 6.42 Å². The van der Waals surface area contributed by atoms with Crippen molar-refractivity contribution in [3.05, 3.63) is 12.3 Å². The number of nitrogens with zero attached hydrogens (tertiary/aromatic N) is 1. The lowest BCUT2D eigenvalue weighted by molar-refractivity contribution is -0.0925. The van der Waals surface area contributed by atoms with Crippen molar-refractivity contribution in [1.82, 2.24) is 4.90 Å². The first-order valence-electron chi connectivity index (χ1n) is 4.29. The molecule has 1 fully saturated rings. The Balaban J connectivity index is 1.96. The van der Waals surface area contributed by atoms with Gasteiger partial charge in [0.25, 0.3) is 0 Å². The first kappa shape index (κ1) is 7.70. The number of rotatable bonds is 1. The normalized spacial score (nSPS) is 25.1. The number of ether oxygens (including phenoxy) is 1. The van der Waals surface area contributed by atoms with Crippen molar-refractivity contribution >= 4 is 0 Å². The second kappa shape index (κ2) is 2.84. The third-order valence-electron chi connectivity index (χ3n) is 2.61. The van der Waals surface area contributed by atoms with Crippen molar-refractivity contribution in [2.75, 3.05) is 26.3 Å². The summed E-state index contributed by atoms with van der Waals surface area (Å²) in [6.45, 7) is 3.60. The molecule has 0 bridgehead atoms. The molecule has 12 heavy (non-hydrogen) atoms. The van der Waals surface area contributed by atoms with Gasteiger partial charge in [-0.25, -0.2) is 0 Å². The molecule has 2 nitrogen and oxygen atoms in total. The molecule has 0 aromatic heterocycles. The summed E-state index contributed by atoms with van der Waals surface area (Å²) in [5.41, 5.74) is 0.366. The number of hydrogen-bond acceptors (Lipinski definition) is 2. The quantitative estimate of drug-likeness (QED) is 0.531. The standard InChI is InChI=1S/C10H13NO/c1-2-5-11-6-3-10(4-7-11)8-12-9-10/h1,3,6H,4-5,7-9H2. The van der Waals surface area contributed by atoms with E-state index in [1.807, 2.05) is 0 Å². The van der Waals surface area contributed by atoms with Crippen LogP contribution in [0.1, 0.15) is 6.42 Å². The molecule has 0 aromatic carbocycles. The average Bonchev–Trinajstić information content (AvgIpc) is 2.04. The summed E-state index contributed by atoms with van der Waals surface area (Å²) in [6, 6.07) is 0. The second-order valence-electron chi connectivity index (χ2n) is 3.60. The second-order valence-corrected chi connectivity index (χ2v) is 3.60. The molecular formula is C10H13NO. The molecule has 2 aliphatic heterocycles. The van der Waals surface area contributed by atoms with Gasteiger partial charge in [0.1, 0.15) is 0 Å². The van der Waals surface area contributed by atoms with Crippen LogP contribution in [0.4, 0.5) is 0 Å². The van der Waals surface area contributed by atoms with Crippen LogP contribution >= 0.6 is 0 Å². The lowest BCUT2D eigenvalue weighted by Gasteiger charge is -2.43. The topological polar surface area (TPSA) is 12.5 Å². The maximum absolute atomic E-state index is 5.22. The molecule has 64 valence electrons. The van der Waals surface area contributed by atoms with Gasteiger partial charge in [-0.05, 0) is 12.6 Å². The Bertz CT molecular complexity index is 235. The molecule has 1 spiro atoms. The van der Waals surface area contributed by atoms with Crippen LogP contribution in [0.25, 0.3) is 0 Å². The van der Waals surface area contributed by atoms with Gasteiger partial charge in [-0.3, -0.25) is 0 Å². The Morgan fingerprint density at radius 2 is 2.42 bits per heavy atom. The zero-order valence-corrected chi connectivity index (χ0v) is 7.12. The summed E-state index contributed by atoms with van der Waals surface area (Å²) < 4.78 is 5.20. The summed E-state index contributed by atoms with van der Waals surface area (Å²) >= 11 is 0. The Kier molecular flexibility index (Phi) is 1.82. The fourth-order valence-electron chi connectivity index (χ4n) is 1.64. The zero-order chi connectivity index (χ0) is 8.44. The first-order valence-corrected chi connectivity index (χ1v) is 4.29. The van der Waals surface area contributed by atoms with E-state index in [2.05, 4.69) is 23.1 Å². The van der Waals surface area contributed by atoms with Gasteiger partial charge in [-0.2, -0.15) is 0 Å². The maximum Gasteiger partial charge on any atom is 0.0786 e. The van der Waals surface area contributed by atoms with E-state index in [1.165, 1.54) is 6.42 Å². The van der Waals surface area contributed by atoms with Gasteiger partial charge in [0.15, 0.2) is 0 Å². The van der Waals surface area contributed by atoms with E-state index in [-0.39, 0.29) is 0 Å². The molecule has 0 aromatic rings. The van der Waals surface area contributed by atoms with E-state index >= 15 is 0 Å². The molecule has 0 aliphatic carbocycles. The first-order chi connectivity index (χ1) is 5.85. The highest BCUT2D eigenvalue weighted by Gasteiger charge is 2.37. The zero-order valence-electron chi connectivity index (χ0n) is 7.12. The minimum atomic E-state index is 0.366. The maximum atomic E-state index is 5.22. The molecule has 0 saturated carbocycles. The minimum absolute atomic E-state index is 0.366. The molecule has 2 aliphatic rings. The van der Waals surface area contributed by atoms with Gasteiger partial charge < -0.3 is 9.64 Å². The predicted molar refractivity (Wildman–Crippen MR) is 47.4 cm³/mol. The Labute approximate surface area is 73.2 Å². The SMILES string of the molecule is C#CCN1C=CC2(CC1)COC2. The molecule has 0 unspecified atom stereocenters. The van der Waals surface area contributed by atoms with E-state index < -0.39 is 0 Å². The molecule has 0 amide bonds. The Hall–Kier alpha value is -0.940. The molecule has 2 rings (SSSR count). The predicted octanol–water partition coefficient (Wildman–Crippen LogP) is 0.856. The van der Waals surface area contributed by atoms with Crippen molar-refractivity contribution in [2.45, 2.75) is 6.42 Å². The Morgan fingerprint density at radius 1 is 1.58 bits per heavy atom. The van der Waals surface area contributed by atoms with E-state index in [9.17, 15) is 0 Å². The van der Waals surface area contributed by atoms with Crippen LogP contribution in [0, 0.1) is 17.8 Å². The molecule has 0 N–H and O–H groups in total. The lowest BCUT2D eigenvalue weighted by Crippen LogP contribution is -2.45. The fraction of sp³-hybridized carbons (Fsp3) is 0.600. The van der Waals surface area contributed by atoms with Crippen molar-refractivity contribution < 1.29 is 4.74 Å². The molecule has 0 atom stereocenters. The minimum Gasteiger partial charge on any atom is -0.379 e. The lowest BCUT2D eigenvalue weighted by atomic mass is 9.81. The summed E-state index contributed by atoms with van der Waals surface area (Å²) in [4.78, 5) is 2.17. The monoisotopic (exact) mass is 163 g/mol. The fourth-order valence-corrected chi connectivity index (χ4v) is 1.64.